The number of hydrogen-bond donors (Lipinski definition) is 1. The van der Waals surface area contributed by atoms with Gasteiger partial charge in [0.1, 0.15) is 0 Å². The highest BCUT2D eigenvalue weighted by atomic mass is 35.5. The topological polar surface area (TPSA) is 12.0 Å². The molecule has 1 heterocycles. The fraction of sp³-hybridized carbons (Fsp3) is 1.00. The molecule has 0 radical (unpaired) electrons. The standard InChI is InChI=1S/C6H10F3N.ClH/c1-4-2-10-3-5(4)6(7,8)9;/h4-5,10H,2-3H2,1H3;1H/t4-,5-;/m1./s1. The van der Waals surface area contributed by atoms with Crippen molar-refractivity contribution in [1.82, 2.24) is 5.32 Å². The summed E-state index contributed by atoms with van der Waals surface area (Å²) in [5.74, 6) is -1.40. The summed E-state index contributed by atoms with van der Waals surface area (Å²) in [7, 11) is 0. The van der Waals surface area contributed by atoms with E-state index in [0.717, 1.165) is 0 Å². The Morgan fingerprint density at radius 1 is 1.27 bits per heavy atom. The van der Waals surface area contributed by atoms with Crippen molar-refractivity contribution in [3.8, 4) is 0 Å². The molecule has 0 aromatic heterocycles. The minimum absolute atomic E-state index is 0. The molecule has 0 amide bonds. The molecule has 0 saturated carbocycles. The molecule has 1 saturated heterocycles. The van der Waals surface area contributed by atoms with Crippen LogP contribution in [0, 0.1) is 11.8 Å². The molecule has 1 aliphatic rings. The van der Waals surface area contributed by atoms with E-state index >= 15 is 0 Å². The van der Waals surface area contributed by atoms with E-state index in [0.29, 0.717) is 6.54 Å². The molecular formula is C6H11ClF3N. The lowest BCUT2D eigenvalue weighted by molar-refractivity contribution is -0.177. The van der Waals surface area contributed by atoms with Gasteiger partial charge in [-0.25, -0.2) is 0 Å². The average Bonchev–Trinajstić information content (AvgIpc) is 2.11. The quantitative estimate of drug-likeness (QED) is 0.613. The molecule has 0 aromatic rings. The van der Waals surface area contributed by atoms with E-state index in [1.165, 1.54) is 0 Å². The van der Waals surface area contributed by atoms with Crippen LogP contribution in [-0.2, 0) is 0 Å². The van der Waals surface area contributed by atoms with E-state index in [-0.39, 0.29) is 24.9 Å². The molecular weight excluding hydrogens is 179 g/mol. The molecule has 5 heteroatoms. The van der Waals surface area contributed by atoms with Crippen LogP contribution in [0.3, 0.4) is 0 Å². The normalized spacial score (nSPS) is 31.6. The summed E-state index contributed by atoms with van der Waals surface area (Å²) in [5, 5.41) is 2.71. The van der Waals surface area contributed by atoms with Gasteiger partial charge in [-0.2, -0.15) is 13.2 Å². The third-order valence-electron chi connectivity index (χ3n) is 1.94. The Balaban J connectivity index is 0.000001000. The van der Waals surface area contributed by atoms with Gasteiger partial charge in [0.25, 0.3) is 0 Å². The van der Waals surface area contributed by atoms with Crippen molar-refractivity contribution in [3.63, 3.8) is 0 Å². The van der Waals surface area contributed by atoms with Crippen LogP contribution in [0.25, 0.3) is 0 Å². The SMILES string of the molecule is C[C@@H]1CNC[C@H]1C(F)(F)F.Cl. The third-order valence-corrected chi connectivity index (χ3v) is 1.94. The lowest BCUT2D eigenvalue weighted by Crippen LogP contribution is -2.28. The van der Waals surface area contributed by atoms with Gasteiger partial charge in [-0.1, -0.05) is 6.92 Å². The zero-order valence-electron chi connectivity index (χ0n) is 6.11. The van der Waals surface area contributed by atoms with Gasteiger partial charge >= 0.3 is 6.18 Å². The van der Waals surface area contributed by atoms with Crippen molar-refractivity contribution in [2.75, 3.05) is 13.1 Å². The first-order valence-corrected chi connectivity index (χ1v) is 3.29. The monoisotopic (exact) mass is 189 g/mol. The zero-order valence-corrected chi connectivity index (χ0v) is 6.93. The lowest BCUT2D eigenvalue weighted by atomic mass is 9.98. The van der Waals surface area contributed by atoms with Gasteiger partial charge in [0.15, 0.2) is 0 Å². The summed E-state index contributed by atoms with van der Waals surface area (Å²) in [6.45, 7) is 2.20. The molecule has 0 aromatic carbocycles. The van der Waals surface area contributed by atoms with Crippen molar-refractivity contribution in [1.29, 1.82) is 0 Å². The van der Waals surface area contributed by atoms with Gasteiger partial charge in [0.05, 0.1) is 5.92 Å². The van der Waals surface area contributed by atoms with Crippen molar-refractivity contribution < 1.29 is 13.2 Å². The maximum Gasteiger partial charge on any atom is 0.393 e. The summed E-state index contributed by atoms with van der Waals surface area (Å²) < 4.78 is 35.9. The van der Waals surface area contributed by atoms with E-state index in [4.69, 9.17) is 0 Å². The Labute approximate surface area is 69.8 Å². The van der Waals surface area contributed by atoms with Crippen LogP contribution in [-0.4, -0.2) is 19.3 Å². The van der Waals surface area contributed by atoms with E-state index in [1.807, 2.05) is 0 Å². The highest BCUT2D eigenvalue weighted by Crippen LogP contribution is 2.33. The largest absolute Gasteiger partial charge is 0.393 e. The molecule has 1 nitrogen and oxygen atoms in total. The van der Waals surface area contributed by atoms with Crippen molar-refractivity contribution >= 4 is 12.4 Å². The zero-order chi connectivity index (χ0) is 7.78. The fourth-order valence-corrected chi connectivity index (χ4v) is 1.25. The van der Waals surface area contributed by atoms with Gasteiger partial charge in [0, 0.05) is 6.54 Å². The molecule has 2 atom stereocenters. The summed E-state index contributed by atoms with van der Waals surface area (Å²) >= 11 is 0. The van der Waals surface area contributed by atoms with Gasteiger partial charge in [-0.3, -0.25) is 0 Å². The molecule has 1 rings (SSSR count). The second-order valence-corrected chi connectivity index (χ2v) is 2.78. The molecule has 0 aliphatic carbocycles. The van der Waals surface area contributed by atoms with Crippen LogP contribution < -0.4 is 5.32 Å². The van der Waals surface area contributed by atoms with Crippen LogP contribution in [0.2, 0.25) is 0 Å². The molecule has 68 valence electrons. The first-order valence-electron chi connectivity index (χ1n) is 3.29. The maximum absolute atomic E-state index is 12.0. The summed E-state index contributed by atoms with van der Waals surface area (Å²) in [4.78, 5) is 0. The first kappa shape index (κ1) is 11.0. The molecule has 0 unspecified atom stereocenters. The van der Waals surface area contributed by atoms with Crippen molar-refractivity contribution in [3.05, 3.63) is 0 Å². The molecule has 0 bridgehead atoms. The molecule has 1 N–H and O–H groups in total. The third kappa shape index (κ3) is 2.52. The summed E-state index contributed by atoms with van der Waals surface area (Å²) in [6.07, 6.45) is -4.01. The van der Waals surface area contributed by atoms with Crippen molar-refractivity contribution in [2.24, 2.45) is 11.8 Å². The molecule has 0 spiro atoms. The number of alkyl halides is 3. The Kier molecular flexibility index (Phi) is 3.64. The predicted octanol–water partition coefficient (Wildman–Crippen LogP) is 1.83. The van der Waals surface area contributed by atoms with E-state index < -0.39 is 12.1 Å². The Morgan fingerprint density at radius 3 is 2.00 bits per heavy atom. The van der Waals surface area contributed by atoms with Gasteiger partial charge in [0.2, 0.25) is 0 Å². The summed E-state index contributed by atoms with van der Waals surface area (Å²) in [6, 6.07) is 0. The van der Waals surface area contributed by atoms with Gasteiger partial charge < -0.3 is 5.32 Å². The van der Waals surface area contributed by atoms with Crippen LogP contribution >= 0.6 is 12.4 Å². The van der Waals surface area contributed by atoms with Crippen LogP contribution in [0.15, 0.2) is 0 Å². The highest BCUT2D eigenvalue weighted by Gasteiger charge is 2.44. The lowest BCUT2D eigenvalue weighted by Gasteiger charge is -2.17. The minimum atomic E-state index is -4.01. The van der Waals surface area contributed by atoms with Crippen LogP contribution in [0.5, 0.6) is 0 Å². The molecule has 11 heavy (non-hydrogen) atoms. The smallest absolute Gasteiger partial charge is 0.316 e. The Bertz CT molecular complexity index is 125. The maximum atomic E-state index is 12.0. The number of rotatable bonds is 0. The first-order chi connectivity index (χ1) is 4.52. The summed E-state index contributed by atoms with van der Waals surface area (Å²) in [5.41, 5.74) is 0. The Morgan fingerprint density at radius 2 is 1.82 bits per heavy atom. The van der Waals surface area contributed by atoms with Crippen molar-refractivity contribution in [2.45, 2.75) is 13.1 Å². The minimum Gasteiger partial charge on any atom is -0.316 e. The van der Waals surface area contributed by atoms with E-state index in [9.17, 15) is 13.2 Å². The van der Waals surface area contributed by atoms with Crippen LogP contribution in [0.4, 0.5) is 13.2 Å². The average molecular weight is 190 g/mol. The fourth-order valence-electron chi connectivity index (χ4n) is 1.25. The van der Waals surface area contributed by atoms with E-state index in [2.05, 4.69) is 5.32 Å². The van der Waals surface area contributed by atoms with E-state index in [1.54, 1.807) is 6.92 Å². The Hall–Kier alpha value is 0.0400. The number of hydrogen-bond acceptors (Lipinski definition) is 1. The number of nitrogens with one attached hydrogen (secondary N) is 1. The highest BCUT2D eigenvalue weighted by molar-refractivity contribution is 5.85. The van der Waals surface area contributed by atoms with Gasteiger partial charge in [-0.15, -0.1) is 12.4 Å². The second kappa shape index (κ2) is 3.63. The van der Waals surface area contributed by atoms with Gasteiger partial charge in [-0.05, 0) is 12.5 Å². The molecule has 1 aliphatic heterocycles. The second-order valence-electron chi connectivity index (χ2n) is 2.78. The van der Waals surface area contributed by atoms with Crippen LogP contribution in [0.1, 0.15) is 6.92 Å². The molecule has 1 fully saturated rings. The predicted molar refractivity (Wildman–Crippen MR) is 38.8 cm³/mol. The number of halogens is 4.